The molecule has 1 aromatic carbocycles. The van der Waals surface area contributed by atoms with Crippen molar-refractivity contribution in [2.45, 2.75) is 38.6 Å². The van der Waals surface area contributed by atoms with Crippen molar-refractivity contribution in [3.05, 3.63) is 29.3 Å². The highest BCUT2D eigenvalue weighted by atomic mass is 16.5. The molecule has 0 saturated heterocycles. The van der Waals surface area contributed by atoms with E-state index in [1.165, 1.54) is 11.1 Å². The minimum absolute atomic E-state index is 0.342. The summed E-state index contributed by atoms with van der Waals surface area (Å²) in [5.74, 6) is 1.07. The average molecular weight is 205 g/mol. The first-order valence-corrected chi connectivity index (χ1v) is 5.79. The molecule has 0 spiro atoms. The number of hydrogen-bond donors (Lipinski definition) is 1. The standard InChI is InChI=1S/C13H19NO/c1-2-12(14)5-3-10-4-6-13-11(9-10)7-8-15-13/h4,6,9,12H,2-3,5,7-8,14H2,1H3. The van der Waals surface area contributed by atoms with E-state index >= 15 is 0 Å². The molecule has 2 N–H and O–H groups in total. The average Bonchev–Trinajstić information content (AvgIpc) is 2.72. The molecule has 2 heteroatoms. The summed E-state index contributed by atoms with van der Waals surface area (Å²) in [4.78, 5) is 0. The van der Waals surface area contributed by atoms with Crippen LogP contribution in [0.15, 0.2) is 18.2 Å². The number of aryl methyl sites for hydroxylation is 1. The molecule has 1 aliphatic heterocycles. The predicted octanol–water partition coefficient (Wildman–Crippen LogP) is 2.29. The van der Waals surface area contributed by atoms with Gasteiger partial charge >= 0.3 is 0 Å². The highest BCUT2D eigenvalue weighted by molar-refractivity contribution is 5.39. The fourth-order valence-electron chi connectivity index (χ4n) is 1.95. The first-order chi connectivity index (χ1) is 7.29. The molecular weight excluding hydrogens is 186 g/mol. The van der Waals surface area contributed by atoms with Crippen LogP contribution >= 0.6 is 0 Å². The number of fused-ring (bicyclic) bond motifs is 1. The molecule has 0 radical (unpaired) electrons. The number of hydrogen-bond acceptors (Lipinski definition) is 2. The van der Waals surface area contributed by atoms with Gasteiger partial charge in [0.2, 0.25) is 0 Å². The van der Waals surface area contributed by atoms with Gasteiger partial charge in [-0.2, -0.15) is 0 Å². The van der Waals surface area contributed by atoms with E-state index in [0.717, 1.165) is 38.0 Å². The second kappa shape index (κ2) is 4.67. The van der Waals surface area contributed by atoms with Crippen LogP contribution in [0.3, 0.4) is 0 Å². The number of nitrogens with two attached hydrogens (primary N) is 1. The minimum Gasteiger partial charge on any atom is -0.493 e. The van der Waals surface area contributed by atoms with Gasteiger partial charge in [0, 0.05) is 12.5 Å². The highest BCUT2D eigenvalue weighted by Gasteiger charge is 2.12. The lowest BCUT2D eigenvalue weighted by atomic mass is 10.0. The van der Waals surface area contributed by atoms with Gasteiger partial charge in [-0.25, -0.2) is 0 Å². The van der Waals surface area contributed by atoms with E-state index in [9.17, 15) is 0 Å². The summed E-state index contributed by atoms with van der Waals surface area (Å²) in [6, 6.07) is 6.86. The Labute approximate surface area is 91.4 Å². The number of rotatable bonds is 4. The molecule has 15 heavy (non-hydrogen) atoms. The lowest BCUT2D eigenvalue weighted by Gasteiger charge is -2.09. The Balaban J connectivity index is 1.98. The number of ether oxygens (including phenoxy) is 1. The molecular formula is C13H19NO. The largest absolute Gasteiger partial charge is 0.493 e. The molecule has 2 rings (SSSR count). The Bertz CT molecular complexity index is 335. The Morgan fingerprint density at radius 1 is 1.47 bits per heavy atom. The van der Waals surface area contributed by atoms with Crippen LogP contribution in [-0.2, 0) is 12.8 Å². The first kappa shape index (κ1) is 10.5. The van der Waals surface area contributed by atoms with Crippen molar-refractivity contribution in [1.29, 1.82) is 0 Å². The van der Waals surface area contributed by atoms with Gasteiger partial charge in [-0.05, 0) is 36.5 Å². The molecule has 2 nitrogen and oxygen atoms in total. The predicted molar refractivity (Wildman–Crippen MR) is 62.2 cm³/mol. The fraction of sp³-hybridized carbons (Fsp3) is 0.538. The Hall–Kier alpha value is -1.02. The van der Waals surface area contributed by atoms with Crippen LogP contribution in [0.4, 0.5) is 0 Å². The van der Waals surface area contributed by atoms with Crippen LogP contribution in [0.5, 0.6) is 5.75 Å². The van der Waals surface area contributed by atoms with Crippen molar-refractivity contribution in [2.75, 3.05) is 6.61 Å². The van der Waals surface area contributed by atoms with Crippen molar-refractivity contribution in [3.63, 3.8) is 0 Å². The molecule has 1 aromatic rings. The highest BCUT2D eigenvalue weighted by Crippen LogP contribution is 2.26. The summed E-state index contributed by atoms with van der Waals surface area (Å²) in [6.45, 7) is 2.98. The second-order valence-electron chi connectivity index (χ2n) is 4.25. The zero-order chi connectivity index (χ0) is 10.7. The lowest BCUT2D eigenvalue weighted by Crippen LogP contribution is -2.19. The third-order valence-corrected chi connectivity index (χ3v) is 3.08. The maximum absolute atomic E-state index is 5.91. The zero-order valence-electron chi connectivity index (χ0n) is 9.33. The molecule has 1 heterocycles. The van der Waals surface area contributed by atoms with Crippen LogP contribution in [0.2, 0.25) is 0 Å². The van der Waals surface area contributed by atoms with Gasteiger partial charge in [0.15, 0.2) is 0 Å². The molecule has 1 atom stereocenters. The van der Waals surface area contributed by atoms with Crippen LogP contribution in [-0.4, -0.2) is 12.6 Å². The van der Waals surface area contributed by atoms with Gasteiger partial charge in [-0.15, -0.1) is 0 Å². The van der Waals surface area contributed by atoms with E-state index in [4.69, 9.17) is 10.5 Å². The Kier molecular flexibility index (Phi) is 3.27. The molecule has 0 amide bonds. The van der Waals surface area contributed by atoms with Crippen molar-refractivity contribution < 1.29 is 4.74 Å². The normalized spacial score (nSPS) is 15.9. The zero-order valence-corrected chi connectivity index (χ0v) is 9.33. The van der Waals surface area contributed by atoms with Gasteiger partial charge < -0.3 is 10.5 Å². The molecule has 82 valence electrons. The molecule has 0 fully saturated rings. The SMILES string of the molecule is CCC(N)CCc1ccc2c(c1)CCO2. The molecule has 0 saturated carbocycles. The Morgan fingerprint density at radius 3 is 3.13 bits per heavy atom. The van der Waals surface area contributed by atoms with Crippen LogP contribution in [0.1, 0.15) is 30.9 Å². The topological polar surface area (TPSA) is 35.2 Å². The maximum Gasteiger partial charge on any atom is 0.122 e. The van der Waals surface area contributed by atoms with E-state index in [1.54, 1.807) is 0 Å². The summed E-state index contributed by atoms with van der Waals surface area (Å²) in [6.07, 6.45) is 4.29. The van der Waals surface area contributed by atoms with Gasteiger partial charge in [0.1, 0.15) is 5.75 Å². The minimum atomic E-state index is 0.342. The van der Waals surface area contributed by atoms with Crippen LogP contribution < -0.4 is 10.5 Å². The summed E-state index contributed by atoms with van der Waals surface area (Å²) < 4.78 is 5.48. The molecule has 1 aliphatic rings. The fourth-order valence-corrected chi connectivity index (χ4v) is 1.95. The van der Waals surface area contributed by atoms with Gasteiger partial charge in [-0.3, -0.25) is 0 Å². The van der Waals surface area contributed by atoms with Gasteiger partial charge in [0.05, 0.1) is 6.61 Å². The van der Waals surface area contributed by atoms with Crippen LogP contribution in [0, 0.1) is 0 Å². The first-order valence-electron chi connectivity index (χ1n) is 5.79. The van der Waals surface area contributed by atoms with Crippen molar-refractivity contribution in [2.24, 2.45) is 5.73 Å². The van der Waals surface area contributed by atoms with E-state index < -0.39 is 0 Å². The summed E-state index contributed by atoms with van der Waals surface area (Å²) >= 11 is 0. The monoisotopic (exact) mass is 205 g/mol. The molecule has 1 unspecified atom stereocenters. The van der Waals surface area contributed by atoms with E-state index in [0.29, 0.717) is 6.04 Å². The summed E-state index contributed by atoms with van der Waals surface area (Å²) in [7, 11) is 0. The smallest absolute Gasteiger partial charge is 0.122 e. The van der Waals surface area contributed by atoms with Crippen molar-refractivity contribution >= 4 is 0 Å². The van der Waals surface area contributed by atoms with Gasteiger partial charge in [0.25, 0.3) is 0 Å². The van der Waals surface area contributed by atoms with Gasteiger partial charge in [-0.1, -0.05) is 19.1 Å². The van der Waals surface area contributed by atoms with E-state index in [-0.39, 0.29) is 0 Å². The van der Waals surface area contributed by atoms with E-state index in [1.807, 2.05) is 0 Å². The second-order valence-corrected chi connectivity index (χ2v) is 4.25. The Morgan fingerprint density at radius 2 is 2.33 bits per heavy atom. The van der Waals surface area contributed by atoms with E-state index in [2.05, 4.69) is 25.1 Å². The van der Waals surface area contributed by atoms with Crippen LogP contribution in [0.25, 0.3) is 0 Å². The molecule has 0 aromatic heterocycles. The van der Waals surface area contributed by atoms with Crippen molar-refractivity contribution in [3.8, 4) is 5.75 Å². The molecule has 0 bridgehead atoms. The number of benzene rings is 1. The third-order valence-electron chi connectivity index (χ3n) is 3.08. The lowest BCUT2D eigenvalue weighted by molar-refractivity contribution is 0.357. The quantitative estimate of drug-likeness (QED) is 0.818. The summed E-state index contributed by atoms with van der Waals surface area (Å²) in [5.41, 5.74) is 8.66. The summed E-state index contributed by atoms with van der Waals surface area (Å²) in [5, 5.41) is 0. The maximum atomic E-state index is 5.91. The third kappa shape index (κ3) is 2.51. The van der Waals surface area contributed by atoms with Crippen molar-refractivity contribution in [1.82, 2.24) is 0 Å². The molecule has 0 aliphatic carbocycles.